The van der Waals surface area contributed by atoms with Gasteiger partial charge >= 0.3 is 17.2 Å². The highest BCUT2D eigenvalue weighted by atomic mass is 32.2. The maximum atomic E-state index is 11.2. The van der Waals surface area contributed by atoms with Crippen LogP contribution >= 0.6 is 0 Å². The van der Waals surface area contributed by atoms with E-state index in [-0.39, 0.29) is 5.75 Å². The summed E-state index contributed by atoms with van der Waals surface area (Å²) in [4.78, 5) is 0. The Balaban J connectivity index is 2.36. The van der Waals surface area contributed by atoms with Crippen LogP contribution < -0.4 is 14.4 Å². The number of ether oxygens (including phenoxy) is 1. The molecule has 0 aromatic heterocycles. The van der Waals surface area contributed by atoms with Crippen molar-refractivity contribution >= 4 is 22.7 Å². The highest BCUT2D eigenvalue weighted by molar-refractivity contribution is 7.86. The largest absolute Gasteiger partial charge is 0.633 e. The third kappa shape index (κ3) is 3.27. The fourth-order valence-electron chi connectivity index (χ4n) is 1.62. The summed E-state index contributed by atoms with van der Waals surface area (Å²) in [7, 11) is -2.94. The minimum Gasteiger partial charge on any atom is -0.520 e. The summed E-state index contributed by atoms with van der Waals surface area (Å²) in [5.41, 5.74) is 0.530. The molecule has 1 aliphatic rings. The van der Waals surface area contributed by atoms with Crippen LogP contribution in [0, 0.1) is 0 Å². The molecule has 0 amide bonds. The Kier molecular flexibility index (Phi) is 3.67. The molecule has 1 aliphatic heterocycles. The first-order valence-electron chi connectivity index (χ1n) is 5.58. The molecule has 6 nitrogen and oxygen atoms in total. The van der Waals surface area contributed by atoms with E-state index in [1.165, 1.54) is 19.2 Å². The standard InChI is InChI=1S/C12H13BO6S/c1-8-9(2)18-13(17-8)10-5-11(16-3)7-12(6-10)19-20(4,14)15/h5-7H,1-2H2,3-4H3. The molecular weight excluding hydrogens is 283 g/mol. The summed E-state index contributed by atoms with van der Waals surface area (Å²) < 4.78 is 43.0. The van der Waals surface area contributed by atoms with E-state index < -0.39 is 17.2 Å². The molecule has 0 saturated carbocycles. The predicted molar refractivity (Wildman–Crippen MR) is 74.3 cm³/mol. The zero-order valence-electron chi connectivity index (χ0n) is 11.1. The molecule has 20 heavy (non-hydrogen) atoms. The van der Waals surface area contributed by atoms with Crippen molar-refractivity contribution < 1.29 is 26.6 Å². The molecule has 1 aromatic rings. The van der Waals surface area contributed by atoms with Crippen molar-refractivity contribution in [1.82, 2.24) is 0 Å². The lowest BCUT2D eigenvalue weighted by Gasteiger charge is -2.10. The molecule has 1 fully saturated rings. The first kappa shape index (κ1) is 14.3. The van der Waals surface area contributed by atoms with Crippen molar-refractivity contribution in [2.75, 3.05) is 13.4 Å². The smallest absolute Gasteiger partial charge is 0.520 e. The molecule has 0 spiro atoms. The van der Waals surface area contributed by atoms with Gasteiger partial charge in [0.1, 0.15) is 23.0 Å². The van der Waals surface area contributed by atoms with Crippen LogP contribution in [0.3, 0.4) is 0 Å². The lowest BCUT2D eigenvalue weighted by atomic mass is 9.79. The normalized spacial score (nSPS) is 14.8. The van der Waals surface area contributed by atoms with Crippen molar-refractivity contribution in [2.45, 2.75) is 0 Å². The van der Waals surface area contributed by atoms with E-state index in [0.29, 0.717) is 22.7 Å². The molecule has 0 unspecified atom stereocenters. The quantitative estimate of drug-likeness (QED) is 0.604. The van der Waals surface area contributed by atoms with E-state index in [9.17, 15) is 8.42 Å². The molecule has 8 heteroatoms. The van der Waals surface area contributed by atoms with Crippen LogP contribution in [0.15, 0.2) is 42.9 Å². The van der Waals surface area contributed by atoms with Crippen molar-refractivity contribution in [2.24, 2.45) is 0 Å². The molecule has 0 aliphatic carbocycles. The van der Waals surface area contributed by atoms with E-state index in [1.54, 1.807) is 6.07 Å². The van der Waals surface area contributed by atoms with Crippen LogP contribution in [0.1, 0.15) is 0 Å². The van der Waals surface area contributed by atoms with Crippen LogP contribution in [-0.4, -0.2) is 28.9 Å². The molecule has 1 aromatic carbocycles. The first-order valence-corrected chi connectivity index (χ1v) is 7.40. The second-order valence-corrected chi connectivity index (χ2v) is 5.72. The van der Waals surface area contributed by atoms with Gasteiger partial charge in [-0.2, -0.15) is 8.42 Å². The topological polar surface area (TPSA) is 71.1 Å². The van der Waals surface area contributed by atoms with Gasteiger partial charge in [0.15, 0.2) is 0 Å². The van der Waals surface area contributed by atoms with Crippen LogP contribution in [0.25, 0.3) is 0 Å². The van der Waals surface area contributed by atoms with Gasteiger partial charge in [0, 0.05) is 11.5 Å². The summed E-state index contributed by atoms with van der Waals surface area (Å²) in [6.45, 7) is 7.26. The van der Waals surface area contributed by atoms with Gasteiger partial charge < -0.3 is 18.2 Å². The van der Waals surface area contributed by atoms with Crippen molar-refractivity contribution in [3.8, 4) is 11.5 Å². The zero-order chi connectivity index (χ0) is 14.9. The molecule has 1 saturated heterocycles. The highest BCUT2D eigenvalue weighted by Crippen LogP contribution is 2.24. The molecule has 0 atom stereocenters. The lowest BCUT2D eigenvalue weighted by molar-refractivity contribution is 0.410. The Morgan fingerprint density at radius 3 is 2.15 bits per heavy atom. The van der Waals surface area contributed by atoms with E-state index >= 15 is 0 Å². The summed E-state index contributed by atoms with van der Waals surface area (Å²) in [5.74, 6) is 1.17. The number of hydrogen-bond acceptors (Lipinski definition) is 6. The van der Waals surface area contributed by atoms with Crippen LogP contribution in [0.2, 0.25) is 0 Å². The molecular formula is C12H13BO6S. The average Bonchev–Trinajstić information content (AvgIpc) is 2.67. The number of benzene rings is 1. The third-order valence-corrected chi connectivity index (χ3v) is 2.96. The Hall–Kier alpha value is -2.09. The Morgan fingerprint density at radius 1 is 1.10 bits per heavy atom. The fourth-order valence-corrected chi connectivity index (χ4v) is 2.07. The Labute approximate surface area is 117 Å². The second kappa shape index (κ2) is 5.12. The number of methoxy groups -OCH3 is 1. The second-order valence-electron chi connectivity index (χ2n) is 4.14. The zero-order valence-corrected chi connectivity index (χ0v) is 11.9. The van der Waals surface area contributed by atoms with Crippen LogP contribution in [-0.2, 0) is 19.4 Å². The monoisotopic (exact) mass is 296 g/mol. The van der Waals surface area contributed by atoms with Crippen LogP contribution in [0.4, 0.5) is 0 Å². The van der Waals surface area contributed by atoms with Gasteiger partial charge in [0.2, 0.25) is 0 Å². The van der Waals surface area contributed by atoms with Crippen LogP contribution in [0.5, 0.6) is 11.5 Å². The summed E-state index contributed by atoms with van der Waals surface area (Å²) >= 11 is 0. The van der Waals surface area contributed by atoms with Gasteiger partial charge in [-0.05, 0) is 12.1 Å². The molecule has 106 valence electrons. The van der Waals surface area contributed by atoms with E-state index in [2.05, 4.69) is 13.2 Å². The van der Waals surface area contributed by atoms with E-state index in [4.69, 9.17) is 18.2 Å². The van der Waals surface area contributed by atoms with E-state index in [0.717, 1.165) is 6.26 Å². The van der Waals surface area contributed by atoms with Crippen molar-refractivity contribution in [3.05, 3.63) is 42.9 Å². The van der Waals surface area contributed by atoms with Gasteiger partial charge in [-0.3, -0.25) is 0 Å². The van der Waals surface area contributed by atoms with Gasteiger partial charge in [0.05, 0.1) is 13.4 Å². The lowest BCUT2D eigenvalue weighted by Crippen LogP contribution is -2.31. The van der Waals surface area contributed by atoms with Gasteiger partial charge in [0.25, 0.3) is 0 Å². The molecule has 0 bridgehead atoms. The highest BCUT2D eigenvalue weighted by Gasteiger charge is 2.35. The molecule has 1 heterocycles. The Bertz CT molecular complexity index is 651. The minimum absolute atomic E-state index is 0.108. The molecule has 0 N–H and O–H groups in total. The SMILES string of the molecule is C=C1OB(c2cc(OC)cc(OS(C)(=O)=O)c2)OC1=C. The van der Waals surface area contributed by atoms with Gasteiger partial charge in [-0.15, -0.1) is 0 Å². The van der Waals surface area contributed by atoms with Crippen molar-refractivity contribution in [1.29, 1.82) is 0 Å². The molecule has 0 radical (unpaired) electrons. The number of rotatable bonds is 4. The van der Waals surface area contributed by atoms with Gasteiger partial charge in [-0.1, -0.05) is 13.2 Å². The maximum Gasteiger partial charge on any atom is 0.633 e. The van der Waals surface area contributed by atoms with Gasteiger partial charge in [-0.25, -0.2) is 0 Å². The summed E-state index contributed by atoms with van der Waals surface area (Å²) in [6.07, 6.45) is 0.957. The Morgan fingerprint density at radius 2 is 1.65 bits per heavy atom. The third-order valence-electron chi connectivity index (χ3n) is 2.47. The average molecular weight is 296 g/mol. The first-order chi connectivity index (χ1) is 9.28. The van der Waals surface area contributed by atoms with E-state index in [1.807, 2.05) is 0 Å². The fraction of sp³-hybridized carbons (Fsp3) is 0.167. The van der Waals surface area contributed by atoms with Crippen molar-refractivity contribution in [3.63, 3.8) is 0 Å². The summed E-state index contributed by atoms with van der Waals surface area (Å²) in [5, 5.41) is 0. The predicted octanol–water partition coefficient (Wildman–Crippen LogP) is 0.803. The summed E-state index contributed by atoms with van der Waals surface area (Å²) in [6, 6.07) is 4.58. The minimum atomic E-state index is -3.64. The maximum absolute atomic E-state index is 11.2. The number of hydrogen-bond donors (Lipinski definition) is 0. The molecule has 2 rings (SSSR count).